The maximum atomic E-state index is 8.63. The molecule has 0 aliphatic rings. The maximum absolute atomic E-state index is 8.63. The fourth-order valence-electron chi connectivity index (χ4n) is 4.13. The average molecular weight is 543 g/mol. The van der Waals surface area contributed by atoms with Crippen LogP contribution < -0.4 is 28.3 Å². The summed E-state index contributed by atoms with van der Waals surface area (Å²) in [6, 6.07) is 50.8. The molecule has 38 heavy (non-hydrogen) atoms. The van der Waals surface area contributed by atoms with Crippen LogP contribution in [0.5, 0.6) is 11.5 Å². The predicted octanol–water partition coefficient (Wildman–Crippen LogP) is 4.57. The van der Waals surface area contributed by atoms with Crippen molar-refractivity contribution >= 4 is 23.2 Å². The van der Waals surface area contributed by atoms with Gasteiger partial charge in [0.25, 0.3) is 0 Å². The average Bonchev–Trinajstić information content (AvgIpc) is 2.97. The number of hydrogen-bond acceptors (Lipinski definition) is 2. The van der Waals surface area contributed by atoms with E-state index in [1.807, 2.05) is 12.1 Å². The van der Waals surface area contributed by atoms with E-state index in [-0.39, 0.29) is 12.4 Å². The molecule has 0 aromatic heterocycles. The molecule has 0 radical (unpaired) electrons. The highest BCUT2D eigenvalue weighted by molar-refractivity contribution is 7.95. The van der Waals surface area contributed by atoms with Crippen LogP contribution in [0.1, 0.15) is 19.8 Å². The third kappa shape index (κ3) is 9.06. The van der Waals surface area contributed by atoms with Crippen molar-refractivity contribution in [1.82, 2.24) is 0 Å². The van der Waals surface area contributed by atoms with E-state index in [0.29, 0.717) is 11.5 Å². The van der Waals surface area contributed by atoms with Crippen molar-refractivity contribution in [2.24, 2.45) is 0 Å². The lowest BCUT2D eigenvalue weighted by Gasteiger charge is -2.27. The molecular formula is C34H36ClO2P. The van der Waals surface area contributed by atoms with Gasteiger partial charge in [-0.2, -0.15) is 0 Å². The van der Waals surface area contributed by atoms with Crippen LogP contribution in [0.4, 0.5) is 0 Å². The number of para-hydroxylation sites is 2. The summed E-state index contributed by atoms with van der Waals surface area (Å²) in [5, 5.41) is 21.7. The van der Waals surface area contributed by atoms with Gasteiger partial charge in [-0.05, 0) is 67.1 Å². The van der Waals surface area contributed by atoms with Gasteiger partial charge in [-0.25, -0.2) is 0 Å². The lowest BCUT2D eigenvalue weighted by molar-refractivity contribution is -0.00000944. The molecule has 2 N–H and O–H groups in total. The summed E-state index contributed by atoms with van der Waals surface area (Å²) in [4.78, 5) is 0. The third-order valence-electron chi connectivity index (χ3n) is 5.95. The molecule has 0 amide bonds. The van der Waals surface area contributed by atoms with Gasteiger partial charge in [-0.15, -0.1) is 0 Å². The standard InChI is InChI=1S/C22H24P.2C6H6O.ClH/c1-2-3-19-23(20-13-7-4-8-14-20,21-15-9-5-10-16-21)22-17-11-6-12-18-22;2*7-6-4-2-1-3-5-6;/h4-18H,2-3,19H2,1H3;2*1-5,7H;1H/q+1;;;/p-1. The Hall–Kier alpha value is -3.58. The Kier molecular flexibility index (Phi) is 13.7. The Morgan fingerprint density at radius 1 is 0.447 bits per heavy atom. The monoisotopic (exact) mass is 542 g/mol. The number of aromatic hydroxyl groups is 2. The van der Waals surface area contributed by atoms with Crippen LogP contribution in [0.15, 0.2) is 152 Å². The molecule has 5 rings (SSSR count). The molecule has 0 aliphatic heterocycles. The first kappa shape index (κ1) is 30.6. The fraction of sp³-hybridized carbons (Fsp3) is 0.118. The van der Waals surface area contributed by atoms with E-state index in [4.69, 9.17) is 10.2 Å². The van der Waals surface area contributed by atoms with E-state index in [1.54, 1.807) is 48.5 Å². The van der Waals surface area contributed by atoms with Gasteiger partial charge >= 0.3 is 0 Å². The molecule has 0 bridgehead atoms. The summed E-state index contributed by atoms with van der Waals surface area (Å²) >= 11 is 0. The molecular weight excluding hydrogens is 507 g/mol. The molecule has 5 aromatic carbocycles. The SMILES string of the molecule is CCCC[P+](c1ccccc1)(c1ccccc1)c1ccccc1.Oc1ccccc1.Oc1ccccc1.[Cl-]. The topological polar surface area (TPSA) is 40.5 Å². The molecule has 0 aliphatic carbocycles. The molecule has 2 nitrogen and oxygen atoms in total. The van der Waals surface area contributed by atoms with Crippen LogP contribution in [0, 0.1) is 0 Å². The van der Waals surface area contributed by atoms with Crippen molar-refractivity contribution in [3.05, 3.63) is 152 Å². The summed E-state index contributed by atoms with van der Waals surface area (Å²) in [5.74, 6) is 0.644. The van der Waals surface area contributed by atoms with Crippen molar-refractivity contribution in [1.29, 1.82) is 0 Å². The lowest BCUT2D eigenvalue weighted by Crippen LogP contribution is -3.00. The normalized spacial score (nSPS) is 10.0. The molecule has 0 atom stereocenters. The molecule has 0 heterocycles. The van der Waals surface area contributed by atoms with Gasteiger partial charge in [0.15, 0.2) is 0 Å². The second kappa shape index (κ2) is 17.0. The largest absolute Gasteiger partial charge is 1.00 e. The second-order valence-corrected chi connectivity index (χ2v) is 12.2. The van der Waals surface area contributed by atoms with E-state index < -0.39 is 7.26 Å². The third-order valence-corrected chi connectivity index (χ3v) is 10.5. The number of hydrogen-bond donors (Lipinski definition) is 2. The zero-order chi connectivity index (χ0) is 26.2. The summed E-state index contributed by atoms with van der Waals surface area (Å²) in [5.41, 5.74) is 0. The van der Waals surface area contributed by atoms with Gasteiger partial charge in [0.1, 0.15) is 34.7 Å². The van der Waals surface area contributed by atoms with Crippen molar-refractivity contribution < 1.29 is 22.6 Å². The van der Waals surface area contributed by atoms with Crippen molar-refractivity contribution in [3.63, 3.8) is 0 Å². The Bertz CT molecular complexity index is 1120. The molecule has 5 aromatic rings. The van der Waals surface area contributed by atoms with Gasteiger partial charge in [-0.3, -0.25) is 0 Å². The number of phenolic OH excluding ortho intramolecular Hbond substituents is 2. The highest BCUT2D eigenvalue weighted by Gasteiger charge is 2.44. The van der Waals surface area contributed by atoms with Crippen LogP contribution in [0.25, 0.3) is 0 Å². The van der Waals surface area contributed by atoms with E-state index in [2.05, 4.69) is 97.9 Å². The van der Waals surface area contributed by atoms with Gasteiger partial charge in [0, 0.05) is 0 Å². The van der Waals surface area contributed by atoms with Gasteiger partial charge in [0.2, 0.25) is 0 Å². The van der Waals surface area contributed by atoms with Gasteiger partial charge < -0.3 is 22.6 Å². The van der Waals surface area contributed by atoms with Crippen molar-refractivity contribution in [2.45, 2.75) is 19.8 Å². The first-order chi connectivity index (χ1) is 18.2. The smallest absolute Gasteiger partial charge is 0.115 e. The van der Waals surface area contributed by atoms with Crippen molar-refractivity contribution in [3.8, 4) is 11.5 Å². The number of halogens is 1. The van der Waals surface area contributed by atoms with Gasteiger partial charge in [0.05, 0.1) is 6.16 Å². The minimum atomic E-state index is -1.57. The molecule has 4 heteroatoms. The minimum absolute atomic E-state index is 0. The molecule has 0 saturated carbocycles. The van der Waals surface area contributed by atoms with Crippen LogP contribution in [0.2, 0.25) is 0 Å². The molecule has 0 saturated heterocycles. The predicted molar refractivity (Wildman–Crippen MR) is 161 cm³/mol. The van der Waals surface area contributed by atoms with Gasteiger partial charge in [-0.1, -0.05) is 104 Å². The number of rotatable bonds is 6. The number of phenols is 2. The summed E-state index contributed by atoms with van der Waals surface area (Å²) in [7, 11) is -1.57. The Morgan fingerprint density at radius 3 is 0.921 bits per heavy atom. The summed E-state index contributed by atoms with van der Waals surface area (Å²) in [6.07, 6.45) is 3.72. The first-order valence-corrected chi connectivity index (χ1v) is 14.7. The van der Waals surface area contributed by atoms with Crippen LogP contribution >= 0.6 is 7.26 Å². The lowest BCUT2D eigenvalue weighted by atomic mass is 10.3. The second-order valence-electron chi connectivity index (χ2n) is 8.56. The van der Waals surface area contributed by atoms with E-state index in [9.17, 15) is 0 Å². The fourth-order valence-corrected chi connectivity index (χ4v) is 8.64. The quantitative estimate of drug-likeness (QED) is 0.309. The summed E-state index contributed by atoms with van der Waals surface area (Å²) in [6.45, 7) is 2.29. The number of benzene rings is 5. The molecule has 0 spiro atoms. The first-order valence-electron chi connectivity index (χ1n) is 12.7. The zero-order valence-electron chi connectivity index (χ0n) is 21.8. The Labute approximate surface area is 234 Å². The van der Waals surface area contributed by atoms with E-state index in [1.165, 1.54) is 34.9 Å². The Morgan fingerprint density at radius 2 is 0.711 bits per heavy atom. The molecule has 196 valence electrons. The van der Waals surface area contributed by atoms with E-state index >= 15 is 0 Å². The number of unbranched alkanes of at least 4 members (excludes halogenated alkanes) is 1. The van der Waals surface area contributed by atoms with E-state index in [0.717, 1.165) is 0 Å². The van der Waals surface area contributed by atoms with Crippen LogP contribution in [-0.4, -0.2) is 16.4 Å². The zero-order valence-corrected chi connectivity index (χ0v) is 23.4. The minimum Gasteiger partial charge on any atom is -1.00 e. The highest BCUT2D eigenvalue weighted by Crippen LogP contribution is 2.55. The summed E-state index contributed by atoms with van der Waals surface area (Å²) < 4.78 is 0. The van der Waals surface area contributed by atoms with Crippen LogP contribution in [-0.2, 0) is 0 Å². The van der Waals surface area contributed by atoms with Crippen LogP contribution in [0.3, 0.4) is 0 Å². The van der Waals surface area contributed by atoms with Crippen molar-refractivity contribution in [2.75, 3.05) is 6.16 Å². The maximum Gasteiger partial charge on any atom is 0.115 e. The molecule has 0 unspecified atom stereocenters. The molecule has 0 fully saturated rings. The Balaban J connectivity index is 0.000000275. The highest BCUT2D eigenvalue weighted by atomic mass is 35.5.